The van der Waals surface area contributed by atoms with E-state index in [2.05, 4.69) is 5.32 Å². The standard InChI is InChI=1S/C28H31ClN4O3S/c1-17-24(16-32(2)15-23(34)19-5-4-6-22(30)11-19)37-28-26(17)33(3)14-20(27(28)36)12-25(35)31-13-18-7-9-21(29)10-8-18/h4-11,14,23,34H,12-13,15-16,30H2,1-3H3,(H,31,35). The Kier molecular flexibility index (Phi) is 8.34. The predicted octanol–water partition coefficient (Wildman–Crippen LogP) is 4.17. The fraction of sp³-hybridized carbons (Fsp3) is 0.286. The molecule has 0 fully saturated rings. The molecule has 0 radical (unpaired) electrons. The number of carbonyl (C=O) groups is 1. The Hall–Kier alpha value is -3.17. The van der Waals surface area contributed by atoms with Crippen LogP contribution in [0, 0.1) is 6.92 Å². The van der Waals surface area contributed by atoms with Crippen molar-refractivity contribution in [3.8, 4) is 0 Å². The number of aliphatic hydroxyl groups is 1. The van der Waals surface area contributed by atoms with Gasteiger partial charge in [0.05, 0.1) is 22.7 Å². The number of nitrogens with two attached hydrogens (primary N) is 1. The number of fused-ring (bicyclic) bond motifs is 1. The number of anilines is 1. The van der Waals surface area contributed by atoms with E-state index in [1.807, 2.05) is 54.8 Å². The van der Waals surface area contributed by atoms with Crippen molar-refractivity contribution in [2.24, 2.45) is 7.05 Å². The molecule has 4 aromatic rings. The summed E-state index contributed by atoms with van der Waals surface area (Å²) in [5.41, 5.74) is 10.4. The highest BCUT2D eigenvalue weighted by Gasteiger charge is 2.19. The number of rotatable bonds is 9. The molecule has 0 aliphatic heterocycles. The zero-order valence-electron chi connectivity index (χ0n) is 21.1. The highest BCUT2D eigenvalue weighted by atomic mass is 35.5. The van der Waals surface area contributed by atoms with Gasteiger partial charge in [-0.1, -0.05) is 35.9 Å². The first kappa shape index (κ1) is 26.9. The third kappa shape index (κ3) is 6.40. The summed E-state index contributed by atoms with van der Waals surface area (Å²) >= 11 is 7.36. The molecule has 0 aliphatic rings. The summed E-state index contributed by atoms with van der Waals surface area (Å²) in [7, 11) is 3.83. The maximum absolute atomic E-state index is 13.3. The van der Waals surface area contributed by atoms with Crippen LogP contribution in [0.25, 0.3) is 10.2 Å². The molecule has 9 heteroatoms. The number of thiophene rings is 1. The molecule has 2 aromatic heterocycles. The average Bonchev–Trinajstić information content (AvgIpc) is 3.18. The van der Waals surface area contributed by atoms with Crippen molar-refractivity contribution < 1.29 is 9.90 Å². The van der Waals surface area contributed by atoms with E-state index in [0.717, 1.165) is 27.1 Å². The monoisotopic (exact) mass is 538 g/mol. The molecule has 37 heavy (non-hydrogen) atoms. The number of hydrogen-bond donors (Lipinski definition) is 3. The number of aryl methyl sites for hydroxylation is 2. The third-order valence-electron chi connectivity index (χ3n) is 6.36. The summed E-state index contributed by atoms with van der Waals surface area (Å²) in [6, 6.07) is 14.5. The number of likely N-dealkylation sites (N-methyl/N-ethyl adjacent to an activating group) is 1. The molecule has 4 N–H and O–H groups in total. The molecular formula is C28H31ClN4O3S. The molecule has 0 bridgehead atoms. The van der Waals surface area contributed by atoms with Crippen LogP contribution in [-0.2, 0) is 31.4 Å². The fourth-order valence-corrected chi connectivity index (χ4v) is 5.95. The van der Waals surface area contributed by atoms with Crippen molar-refractivity contribution in [1.82, 2.24) is 14.8 Å². The Labute approximate surface area is 225 Å². The van der Waals surface area contributed by atoms with Crippen molar-refractivity contribution in [3.63, 3.8) is 0 Å². The summed E-state index contributed by atoms with van der Waals surface area (Å²) in [5.74, 6) is -0.213. The molecule has 1 amide bonds. The molecular weight excluding hydrogens is 508 g/mol. The highest BCUT2D eigenvalue weighted by Crippen LogP contribution is 2.30. The molecule has 0 spiro atoms. The Morgan fingerprint density at radius 3 is 2.68 bits per heavy atom. The van der Waals surface area contributed by atoms with Crippen molar-refractivity contribution in [3.05, 3.63) is 97.1 Å². The first-order chi connectivity index (χ1) is 17.6. The van der Waals surface area contributed by atoms with E-state index in [1.165, 1.54) is 11.3 Å². The molecule has 0 saturated heterocycles. The third-order valence-corrected chi connectivity index (χ3v) is 7.88. The van der Waals surface area contributed by atoms with E-state index in [1.54, 1.807) is 30.5 Å². The van der Waals surface area contributed by atoms with E-state index in [-0.39, 0.29) is 17.8 Å². The van der Waals surface area contributed by atoms with Gasteiger partial charge < -0.3 is 20.7 Å². The number of nitrogens with one attached hydrogen (secondary N) is 1. The van der Waals surface area contributed by atoms with Crippen LogP contribution >= 0.6 is 22.9 Å². The molecule has 2 aromatic carbocycles. The Morgan fingerprint density at radius 2 is 1.97 bits per heavy atom. The number of halogens is 1. The van der Waals surface area contributed by atoms with Crippen LogP contribution in [0.4, 0.5) is 5.69 Å². The largest absolute Gasteiger partial charge is 0.399 e. The predicted molar refractivity (Wildman–Crippen MR) is 151 cm³/mol. The molecule has 2 heterocycles. The number of aromatic nitrogens is 1. The number of benzene rings is 2. The molecule has 194 valence electrons. The van der Waals surface area contributed by atoms with E-state index < -0.39 is 6.10 Å². The zero-order chi connectivity index (χ0) is 26.7. The average molecular weight is 539 g/mol. The van der Waals surface area contributed by atoms with Gasteiger partial charge in [-0.05, 0) is 54.9 Å². The second-order valence-corrected chi connectivity index (χ2v) is 10.9. The van der Waals surface area contributed by atoms with Crippen LogP contribution in [0.5, 0.6) is 0 Å². The Bertz CT molecular complexity index is 1480. The Morgan fingerprint density at radius 1 is 1.24 bits per heavy atom. The Balaban J connectivity index is 1.47. The van der Waals surface area contributed by atoms with E-state index in [4.69, 9.17) is 17.3 Å². The first-order valence-corrected chi connectivity index (χ1v) is 13.2. The first-order valence-electron chi connectivity index (χ1n) is 12.0. The number of nitrogens with zero attached hydrogens (tertiary/aromatic N) is 2. The SMILES string of the molecule is Cc1c(CN(C)CC(O)c2cccc(N)c2)sc2c(=O)c(CC(=O)NCc3ccc(Cl)cc3)cn(C)c12. The maximum Gasteiger partial charge on any atom is 0.224 e. The quantitative estimate of drug-likeness (QED) is 0.278. The van der Waals surface area contributed by atoms with Gasteiger partial charge in [0.1, 0.15) is 0 Å². The van der Waals surface area contributed by atoms with Crippen molar-refractivity contribution in [1.29, 1.82) is 0 Å². The van der Waals surface area contributed by atoms with Gasteiger partial charge in [0.25, 0.3) is 0 Å². The van der Waals surface area contributed by atoms with Crippen LogP contribution in [0.3, 0.4) is 0 Å². The maximum atomic E-state index is 13.3. The van der Waals surface area contributed by atoms with Crippen molar-refractivity contribution >= 4 is 44.7 Å². The minimum Gasteiger partial charge on any atom is -0.399 e. The summed E-state index contributed by atoms with van der Waals surface area (Å²) in [5, 5.41) is 14.2. The van der Waals surface area contributed by atoms with E-state index >= 15 is 0 Å². The van der Waals surface area contributed by atoms with Crippen LogP contribution < -0.4 is 16.5 Å². The van der Waals surface area contributed by atoms with Gasteiger partial charge in [-0.25, -0.2) is 0 Å². The number of carbonyl (C=O) groups excluding carboxylic acids is 1. The van der Waals surface area contributed by atoms with Crippen LogP contribution in [0.1, 0.15) is 33.2 Å². The van der Waals surface area contributed by atoms with Gasteiger partial charge in [-0.15, -0.1) is 11.3 Å². The van der Waals surface area contributed by atoms with Gasteiger partial charge in [0.15, 0.2) is 0 Å². The lowest BCUT2D eigenvalue weighted by Gasteiger charge is -2.20. The van der Waals surface area contributed by atoms with Crippen LogP contribution in [0.2, 0.25) is 5.02 Å². The minimum atomic E-state index is -0.674. The van der Waals surface area contributed by atoms with Gasteiger partial charge in [0.2, 0.25) is 11.3 Å². The van der Waals surface area contributed by atoms with Gasteiger partial charge >= 0.3 is 0 Å². The zero-order valence-corrected chi connectivity index (χ0v) is 22.7. The summed E-state index contributed by atoms with van der Waals surface area (Å²) in [4.78, 5) is 29.0. The molecule has 1 unspecified atom stereocenters. The lowest BCUT2D eigenvalue weighted by Crippen LogP contribution is -2.27. The smallest absolute Gasteiger partial charge is 0.224 e. The lowest BCUT2D eigenvalue weighted by atomic mass is 10.1. The topological polar surface area (TPSA) is 101 Å². The van der Waals surface area contributed by atoms with Crippen molar-refractivity contribution in [2.75, 3.05) is 19.3 Å². The van der Waals surface area contributed by atoms with E-state index in [0.29, 0.717) is 40.6 Å². The molecule has 7 nitrogen and oxygen atoms in total. The number of pyridine rings is 1. The van der Waals surface area contributed by atoms with Gasteiger partial charge in [-0.3, -0.25) is 14.5 Å². The van der Waals surface area contributed by atoms with E-state index in [9.17, 15) is 14.7 Å². The minimum absolute atomic E-state index is 0.00872. The van der Waals surface area contributed by atoms with Crippen LogP contribution in [-0.4, -0.2) is 34.1 Å². The summed E-state index contributed by atoms with van der Waals surface area (Å²) in [6.07, 6.45) is 1.09. The van der Waals surface area contributed by atoms with Gasteiger partial charge in [0, 0.05) is 54.0 Å². The lowest BCUT2D eigenvalue weighted by molar-refractivity contribution is -0.120. The summed E-state index contributed by atoms with van der Waals surface area (Å²) < 4.78 is 2.57. The molecule has 1 atom stereocenters. The second kappa shape index (κ2) is 11.5. The highest BCUT2D eigenvalue weighted by molar-refractivity contribution is 7.19. The fourth-order valence-electron chi connectivity index (χ4n) is 4.42. The normalized spacial score (nSPS) is 12.3. The number of hydrogen-bond acceptors (Lipinski definition) is 6. The number of amides is 1. The van der Waals surface area contributed by atoms with Crippen molar-refractivity contribution in [2.45, 2.75) is 32.5 Å². The molecule has 4 rings (SSSR count). The molecule has 0 aliphatic carbocycles. The summed E-state index contributed by atoms with van der Waals surface area (Å²) in [6.45, 7) is 3.39. The van der Waals surface area contributed by atoms with Crippen LogP contribution in [0.15, 0.2) is 59.5 Å². The van der Waals surface area contributed by atoms with Gasteiger partial charge in [-0.2, -0.15) is 0 Å². The second-order valence-electron chi connectivity index (χ2n) is 9.38. The number of nitrogen functional groups attached to an aromatic ring is 1. The number of aliphatic hydroxyl groups excluding tert-OH is 1. The molecule has 0 saturated carbocycles.